The summed E-state index contributed by atoms with van der Waals surface area (Å²) in [5.41, 5.74) is 1.86. The molecule has 0 radical (unpaired) electrons. The van der Waals surface area contributed by atoms with Crippen molar-refractivity contribution >= 4 is 22.5 Å². The highest BCUT2D eigenvalue weighted by Gasteiger charge is 2.08. The van der Waals surface area contributed by atoms with Gasteiger partial charge in [0.25, 0.3) is 0 Å². The van der Waals surface area contributed by atoms with Crippen molar-refractivity contribution in [3.63, 3.8) is 0 Å². The average Bonchev–Trinajstić information content (AvgIpc) is 2.39. The van der Waals surface area contributed by atoms with Crippen LogP contribution in [0.15, 0.2) is 54.6 Å². The molecule has 0 fully saturated rings. The van der Waals surface area contributed by atoms with Gasteiger partial charge >= 0.3 is 0 Å². The van der Waals surface area contributed by atoms with Crippen molar-refractivity contribution in [2.24, 2.45) is 0 Å². The largest absolute Gasteiger partial charge is 0.245 e. The lowest BCUT2D eigenvalue weighted by molar-refractivity contribution is 0.628. The Morgan fingerprint density at radius 3 is 2.44 bits per heavy atom. The normalized spacial score (nSPS) is 10.8. The Labute approximate surface area is 109 Å². The van der Waals surface area contributed by atoms with Crippen LogP contribution in [0.2, 0.25) is 5.02 Å². The summed E-state index contributed by atoms with van der Waals surface area (Å²) in [4.78, 5) is 4.36. The maximum absolute atomic E-state index is 14.0. The number of benzene rings is 2. The fraction of sp³-hybridized carbons (Fsp3) is 0. The van der Waals surface area contributed by atoms with Gasteiger partial charge in [-0.05, 0) is 24.3 Å². The highest BCUT2D eigenvalue weighted by atomic mass is 35.5. The van der Waals surface area contributed by atoms with E-state index < -0.39 is 0 Å². The number of hydrogen-bond acceptors (Lipinski definition) is 1. The zero-order chi connectivity index (χ0) is 12.5. The van der Waals surface area contributed by atoms with Gasteiger partial charge in [-0.15, -0.1) is 0 Å². The minimum Gasteiger partial charge on any atom is -0.245 e. The molecule has 1 heterocycles. The molecule has 0 atom stereocenters. The highest BCUT2D eigenvalue weighted by Crippen LogP contribution is 2.25. The SMILES string of the molecule is Fc1cc2ccccc2nc1-c1ccc(Cl)cc1. The molecule has 0 bridgehead atoms. The van der Waals surface area contributed by atoms with Crippen LogP contribution in [0.25, 0.3) is 22.2 Å². The molecule has 3 heteroatoms. The van der Waals surface area contributed by atoms with Gasteiger partial charge in [0.1, 0.15) is 11.5 Å². The van der Waals surface area contributed by atoms with Gasteiger partial charge in [0, 0.05) is 16.0 Å². The van der Waals surface area contributed by atoms with Gasteiger partial charge in [0.05, 0.1) is 5.52 Å². The van der Waals surface area contributed by atoms with Crippen LogP contribution < -0.4 is 0 Å². The number of hydrogen-bond donors (Lipinski definition) is 0. The third kappa shape index (κ3) is 1.95. The summed E-state index contributed by atoms with van der Waals surface area (Å²) in [5, 5.41) is 1.42. The Hall–Kier alpha value is -1.93. The van der Waals surface area contributed by atoms with Crippen molar-refractivity contribution < 1.29 is 4.39 Å². The Balaban J connectivity index is 2.22. The van der Waals surface area contributed by atoms with Crippen molar-refractivity contribution in [1.82, 2.24) is 4.98 Å². The third-order valence-corrected chi connectivity index (χ3v) is 3.05. The van der Waals surface area contributed by atoms with Gasteiger partial charge in [-0.1, -0.05) is 41.9 Å². The highest BCUT2D eigenvalue weighted by molar-refractivity contribution is 6.30. The second kappa shape index (κ2) is 4.39. The molecule has 0 saturated carbocycles. The number of para-hydroxylation sites is 1. The monoisotopic (exact) mass is 257 g/mol. The Morgan fingerprint density at radius 1 is 0.944 bits per heavy atom. The van der Waals surface area contributed by atoms with Crippen LogP contribution in [0.3, 0.4) is 0 Å². The molecule has 1 aromatic heterocycles. The fourth-order valence-corrected chi connectivity index (χ4v) is 2.03. The van der Waals surface area contributed by atoms with Crippen LogP contribution >= 0.6 is 11.6 Å². The summed E-state index contributed by atoms with van der Waals surface area (Å²) >= 11 is 5.82. The zero-order valence-corrected chi connectivity index (χ0v) is 10.2. The van der Waals surface area contributed by atoms with E-state index in [0.717, 1.165) is 16.5 Å². The van der Waals surface area contributed by atoms with Crippen LogP contribution in [-0.4, -0.2) is 4.98 Å². The standard InChI is InChI=1S/C15H9ClFN/c16-12-7-5-10(6-8-12)15-13(17)9-11-3-1-2-4-14(11)18-15/h1-9H. The van der Waals surface area contributed by atoms with Crippen LogP contribution in [0.1, 0.15) is 0 Å². The van der Waals surface area contributed by atoms with Gasteiger partial charge in [0.2, 0.25) is 0 Å². The molecule has 1 nitrogen and oxygen atoms in total. The van der Waals surface area contributed by atoms with Crippen molar-refractivity contribution in [3.05, 3.63) is 65.4 Å². The molecule has 88 valence electrons. The van der Waals surface area contributed by atoms with E-state index in [-0.39, 0.29) is 5.82 Å². The summed E-state index contributed by atoms with van der Waals surface area (Å²) in [5.74, 6) is -0.323. The Bertz CT molecular complexity index is 707. The van der Waals surface area contributed by atoms with E-state index in [1.807, 2.05) is 24.3 Å². The van der Waals surface area contributed by atoms with E-state index >= 15 is 0 Å². The number of aromatic nitrogens is 1. The first kappa shape index (κ1) is 11.2. The second-order valence-electron chi connectivity index (χ2n) is 4.02. The number of pyridine rings is 1. The van der Waals surface area contributed by atoms with Crippen molar-refractivity contribution in [3.8, 4) is 11.3 Å². The van der Waals surface area contributed by atoms with Crippen LogP contribution in [0.5, 0.6) is 0 Å². The first-order valence-corrected chi connectivity index (χ1v) is 5.93. The summed E-state index contributed by atoms with van der Waals surface area (Å²) in [6, 6.07) is 16.0. The molecular formula is C15H9ClFN. The zero-order valence-electron chi connectivity index (χ0n) is 9.40. The lowest BCUT2D eigenvalue weighted by atomic mass is 10.1. The first-order chi connectivity index (χ1) is 8.74. The number of fused-ring (bicyclic) bond motifs is 1. The van der Waals surface area contributed by atoms with Gasteiger partial charge in [-0.2, -0.15) is 0 Å². The predicted molar refractivity (Wildman–Crippen MR) is 72.1 cm³/mol. The van der Waals surface area contributed by atoms with E-state index in [9.17, 15) is 4.39 Å². The smallest absolute Gasteiger partial charge is 0.150 e. The van der Waals surface area contributed by atoms with Crippen LogP contribution in [-0.2, 0) is 0 Å². The number of nitrogens with zero attached hydrogens (tertiary/aromatic N) is 1. The van der Waals surface area contributed by atoms with Gasteiger partial charge < -0.3 is 0 Å². The maximum Gasteiger partial charge on any atom is 0.150 e. The van der Waals surface area contributed by atoms with Gasteiger partial charge in [0.15, 0.2) is 0 Å². The quantitative estimate of drug-likeness (QED) is 0.616. The Kier molecular flexibility index (Phi) is 2.73. The Morgan fingerprint density at radius 2 is 1.67 bits per heavy atom. The van der Waals surface area contributed by atoms with E-state index in [0.29, 0.717) is 10.7 Å². The lowest BCUT2D eigenvalue weighted by Gasteiger charge is -2.05. The molecule has 18 heavy (non-hydrogen) atoms. The topological polar surface area (TPSA) is 12.9 Å². The van der Waals surface area contributed by atoms with E-state index in [1.54, 1.807) is 24.3 Å². The minimum atomic E-state index is -0.323. The predicted octanol–water partition coefficient (Wildman–Crippen LogP) is 4.69. The molecule has 0 amide bonds. The van der Waals surface area contributed by atoms with Crippen LogP contribution in [0, 0.1) is 5.82 Å². The molecule has 3 aromatic rings. The molecular weight excluding hydrogens is 249 g/mol. The van der Waals surface area contributed by atoms with Gasteiger partial charge in [-0.25, -0.2) is 9.37 Å². The molecule has 0 spiro atoms. The van der Waals surface area contributed by atoms with Crippen molar-refractivity contribution in [2.45, 2.75) is 0 Å². The number of rotatable bonds is 1. The average molecular weight is 258 g/mol. The summed E-state index contributed by atoms with van der Waals surface area (Å²) in [7, 11) is 0. The second-order valence-corrected chi connectivity index (χ2v) is 4.45. The molecule has 0 N–H and O–H groups in total. The lowest BCUT2D eigenvalue weighted by Crippen LogP contribution is -1.90. The number of halogens is 2. The van der Waals surface area contributed by atoms with Gasteiger partial charge in [-0.3, -0.25) is 0 Å². The van der Waals surface area contributed by atoms with E-state index in [1.165, 1.54) is 6.07 Å². The summed E-state index contributed by atoms with van der Waals surface area (Å²) in [6.07, 6.45) is 0. The summed E-state index contributed by atoms with van der Waals surface area (Å²) in [6.45, 7) is 0. The molecule has 0 unspecified atom stereocenters. The van der Waals surface area contributed by atoms with E-state index in [4.69, 9.17) is 11.6 Å². The molecule has 0 aliphatic heterocycles. The minimum absolute atomic E-state index is 0.323. The van der Waals surface area contributed by atoms with E-state index in [2.05, 4.69) is 4.98 Å². The molecule has 0 aliphatic rings. The summed E-state index contributed by atoms with van der Waals surface area (Å²) < 4.78 is 14.0. The third-order valence-electron chi connectivity index (χ3n) is 2.80. The maximum atomic E-state index is 14.0. The van der Waals surface area contributed by atoms with Crippen molar-refractivity contribution in [2.75, 3.05) is 0 Å². The molecule has 3 rings (SSSR count). The van der Waals surface area contributed by atoms with Crippen molar-refractivity contribution in [1.29, 1.82) is 0 Å². The molecule has 2 aromatic carbocycles. The van der Waals surface area contributed by atoms with Crippen LogP contribution in [0.4, 0.5) is 4.39 Å². The first-order valence-electron chi connectivity index (χ1n) is 5.55. The fourth-order valence-electron chi connectivity index (χ4n) is 1.90. The molecule has 0 saturated heterocycles. The molecule has 0 aliphatic carbocycles.